The fraction of sp³-hybridized carbons (Fsp3) is 1.00. The second-order valence-corrected chi connectivity index (χ2v) is 4.52. The standard InChI is InChI=1S/C10H20O9/c11-1-3(13)5(14)8(17)10-9(18)7(16)6(15)4(2-12)19-10/h3-18H,1-2H2/t3-,4-,5-,6-,7+,8?,9-,10?/m1/s1. The summed E-state index contributed by atoms with van der Waals surface area (Å²) >= 11 is 0. The fourth-order valence-corrected chi connectivity index (χ4v) is 1.94. The molecular weight excluding hydrogens is 264 g/mol. The lowest BCUT2D eigenvalue weighted by molar-refractivity contribution is -0.262. The minimum absolute atomic E-state index is 0.674. The van der Waals surface area contributed by atoms with E-state index in [4.69, 9.17) is 14.9 Å². The molecule has 9 heteroatoms. The van der Waals surface area contributed by atoms with Gasteiger partial charge in [0.15, 0.2) is 0 Å². The Labute approximate surface area is 108 Å². The van der Waals surface area contributed by atoms with Crippen molar-refractivity contribution in [2.24, 2.45) is 0 Å². The number of hydrogen-bond acceptors (Lipinski definition) is 9. The molecule has 0 aromatic heterocycles. The summed E-state index contributed by atoms with van der Waals surface area (Å²) in [7, 11) is 0. The molecule has 114 valence electrons. The van der Waals surface area contributed by atoms with E-state index >= 15 is 0 Å². The van der Waals surface area contributed by atoms with E-state index in [1.54, 1.807) is 0 Å². The molecule has 0 aromatic rings. The lowest BCUT2D eigenvalue weighted by Gasteiger charge is -2.43. The average molecular weight is 284 g/mol. The van der Waals surface area contributed by atoms with Crippen LogP contribution in [0.15, 0.2) is 0 Å². The number of aliphatic hydroxyl groups excluding tert-OH is 8. The minimum Gasteiger partial charge on any atom is -0.394 e. The summed E-state index contributed by atoms with van der Waals surface area (Å²) in [4.78, 5) is 0. The molecular formula is C10H20O9. The largest absolute Gasteiger partial charge is 0.394 e. The summed E-state index contributed by atoms with van der Waals surface area (Å²) < 4.78 is 5.00. The van der Waals surface area contributed by atoms with Gasteiger partial charge in [-0.1, -0.05) is 0 Å². The van der Waals surface area contributed by atoms with Gasteiger partial charge in [0.2, 0.25) is 0 Å². The van der Waals surface area contributed by atoms with Crippen LogP contribution in [0.2, 0.25) is 0 Å². The van der Waals surface area contributed by atoms with Crippen molar-refractivity contribution in [2.75, 3.05) is 13.2 Å². The molecule has 8 N–H and O–H groups in total. The van der Waals surface area contributed by atoms with Gasteiger partial charge >= 0.3 is 0 Å². The summed E-state index contributed by atoms with van der Waals surface area (Å²) in [5.41, 5.74) is 0. The van der Waals surface area contributed by atoms with Gasteiger partial charge in [0.05, 0.1) is 13.2 Å². The maximum absolute atomic E-state index is 9.75. The Morgan fingerprint density at radius 1 is 0.895 bits per heavy atom. The molecule has 0 amide bonds. The molecule has 1 aliphatic rings. The van der Waals surface area contributed by atoms with Crippen molar-refractivity contribution in [3.63, 3.8) is 0 Å². The van der Waals surface area contributed by atoms with Gasteiger partial charge in [0.25, 0.3) is 0 Å². The Kier molecular flexibility index (Phi) is 6.05. The normalized spacial score (nSPS) is 40.7. The summed E-state index contributed by atoms with van der Waals surface area (Å²) in [6.45, 7) is -1.50. The molecule has 0 spiro atoms. The third-order valence-electron chi connectivity index (χ3n) is 3.20. The number of rotatable bonds is 5. The van der Waals surface area contributed by atoms with Crippen molar-refractivity contribution in [2.45, 2.75) is 48.8 Å². The molecule has 2 unspecified atom stereocenters. The molecule has 1 saturated heterocycles. The second-order valence-electron chi connectivity index (χ2n) is 4.52. The highest BCUT2D eigenvalue weighted by Gasteiger charge is 2.48. The van der Waals surface area contributed by atoms with Crippen LogP contribution in [0.3, 0.4) is 0 Å². The van der Waals surface area contributed by atoms with Gasteiger partial charge in [0.1, 0.15) is 48.8 Å². The lowest BCUT2D eigenvalue weighted by Crippen LogP contribution is -2.64. The Hall–Kier alpha value is -0.360. The van der Waals surface area contributed by atoms with Crippen LogP contribution in [0.1, 0.15) is 0 Å². The highest BCUT2D eigenvalue weighted by molar-refractivity contribution is 4.97. The maximum atomic E-state index is 9.75. The lowest BCUT2D eigenvalue weighted by atomic mass is 9.89. The third-order valence-corrected chi connectivity index (χ3v) is 3.20. The van der Waals surface area contributed by atoms with Crippen molar-refractivity contribution in [1.82, 2.24) is 0 Å². The summed E-state index contributed by atoms with van der Waals surface area (Å²) in [6, 6.07) is 0. The predicted molar refractivity (Wildman–Crippen MR) is 58.9 cm³/mol. The number of aliphatic hydroxyl groups is 8. The van der Waals surface area contributed by atoms with E-state index in [1.165, 1.54) is 0 Å². The van der Waals surface area contributed by atoms with Gasteiger partial charge in [-0.05, 0) is 0 Å². The maximum Gasteiger partial charge on any atom is 0.115 e. The van der Waals surface area contributed by atoms with E-state index in [0.717, 1.165) is 0 Å². The highest BCUT2D eigenvalue weighted by Crippen LogP contribution is 2.25. The first-order chi connectivity index (χ1) is 8.84. The van der Waals surface area contributed by atoms with Gasteiger partial charge in [-0.2, -0.15) is 0 Å². The molecule has 9 nitrogen and oxygen atoms in total. The average Bonchev–Trinajstić information content (AvgIpc) is 2.42. The molecule has 1 heterocycles. The minimum atomic E-state index is -1.83. The van der Waals surface area contributed by atoms with E-state index in [2.05, 4.69) is 0 Å². The molecule has 0 saturated carbocycles. The zero-order chi connectivity index (χ0) is 14.7. The molecule has 0 aliphatic carbocycles. The molecule has 0 bridgehead atoms. The van der Waals surface area contributed by atoms with E-state index in [1.807, 2.05) is 0 Å². The van der Waals surface area contributed by atoms with Gasteiger partial charge in [-0.25, -0.2) is 0 Å². The van der Waals surface area contributed by atoms with Crippen molar-refractivity contribution >= 4 is 0 Å². The van der Waals surface area contributed by atoms with Crippen LogP contribution in [0.4, 0.5) is 0 Å². The zero-order valence-corrected chi connectivity index (χ0v) is 10.0. The molecule has 8 atom stereocenters. The van der Waals surface area contributed by atoms with E-state index in [0.29, 0.717) is 0 Å². The van der Waals surface area contributed by atoms with Crippen molar-refractivity contribution in [3.05, 3.63) is 0 Å². The summed E-state index contributed by atoms with van der Waals surface area (Å²) in [5, 5.41) is 74.7. The van der Waals surface area contributed by atoms with Crippen LogP contribution in [-0.4, -0.2) is 103 Å². The molecule has 1 fully saturated rings. The SMILES string of the molecule is OC[C@@H](O)[C@@H](O)C(O)C1O[C@H](CO)[C@@H](O)[C@H](O)[C@H]1O. The first-order valence-electron chi connectivity index (χ1n) is 5.80. The summed E-state index contributed by atoms with van der Waals surface area (Å²) in [5.74, 6) is 0. The highest BCUT2D eigenvalue weighted by atomic mass is 16.6. The van der Waals surface area contributed by atoms with E-state index in [-0.39, 0.29) is 0 Å². The van der Waals surface area contributed by atoms with Crippen molar-refractivity contribution < 1.29 is 45.6 Å². The third kappa shape index (κ3) is 3.40. The predicted octanol–water partition coefficient (Wildman–Crippen LogP) is -5.10. The van der Waals surface area contributed by atoms with Gasteiger partial charge in [0, 0.05) is 0 Å². The quantitative estimate of drug-likeness (QED) is 0.246. The van der Waals surface area contributed by atoms with Gasteiger partial charge < -0.3 is 45.6 Å². The Balaban J connectivity index is 2.80. The molecule has 19 heavy (non-hydrogen) atoms. The molecule has 1 rings (SSSR count). The fourth-order valence-electron chi connectivity index (χ4n) is 1.94. The monoisotopic (exact) mass is 284 g/mol. The van der Waals surface area contributed by atoms with E-state index in [9.17, 15) is 30.6 Å². The first-order valence-corrected chi connectivity index (χ1v) is 5.80. The summed E-state index contributed by atoms with van der Waals surface area (Å²) in [6.07, 6.45) is -13.1. The zero-order valence-electron chi connectivity index (χ0n) is 10.0. The molecule has 0 aromatic carbocycles. The Morgan fingerprint density at radius 3 is 1.95 bits per heavy atom. The van der Waals surface area contributed by atoms with Crippen molar-refractivity contribution in [1.29, 1.82) is 0 Å². The van der Waals surface area contributed by atoms with Crippen LogP contribution in [0.5, 0.6) is 0 Å². The number of ether oxygens (including phenoxy) is 1. The Bertz CT molecular complexity index is 274. The van der Waals surface area contributed by atoms with Crippen LogP contribution >= 0.6 is 0 Å². The molecule has 1 aliphatic heterocycles. The topological polar surface area (TPSA) is 171 Å². The van der Waals surface area contributed by atoms with Gasteiger partial charge in [-0.15, -0.1) is 0 Å². The van der Waals surface area contributed by atoms with Gasteiger partial charge in [-0.3, -0.25) is 0 Å². The number of hydrogen-bond donors (Lipinski definition) is 8. The van der Waals surface area contributed by atoms with Crippen LogP contribution in [0, 0.1) is 0 Å². The second kappa shape index (κ2) is 6.88. The van der Waals surface area contributed by atoms with Crippen LogP contribution in [-0.2, 0) is 4.74 Å². The van der Waals surface area contributed by atoms with Crippen molar-refractivity contribution in [3.8, 4) is 0 Å². The first kappa shape index (κ1) is 16.7. The van der Waals surface area contributed by atoms with Crippen LogP contribution in [0.25, 0.3) is 0 Å². The van der Waals surface area contributed by atoms with Crippen LogP contribution < -0.4 is 0 Å². The molecule has 0 radical (unpaired) electrons. The Morgan fingerprint density at radius 2 is 1.47 bits per heavy atom. The van der Waals surface area contributed by atoms with E-state index < -0.39 is 62.0 Å². The smallest absolute Gasteiger partial charge is 0.115 e.